The fourth-order valence-corrected chi connectivity index (χ4v) is 8.31. The Morgan fingerprint density at radius 3 is 1.38 bits per heavy atom. The van der Waals surface area contributed by atoms with Crippen molar-refractivity contribution < 1.29 is 0 Å². The Morgan fingerprint density at radius 1 is 0.458 bits per heavy atom. The highest BCUT2D eigenvalue weighted by Crippen LogP contribution is 2.56. The molecule has 5 heterocycles. The predicted molar refractivity (Wildman–Crippen MR) is 191 cm³/mol. The summed E-state index contributed by atoms with van der Waals surface area (Å²) >= 11 is 0. The van der Waals surface area contributed by atoms with Crippen LogP contribution in [-0.4, -0.2) is 29.2 Å². The summed E-state index contributed by atoms with van der Waals surface area (Å²) in [6.07, 6.45) is 3.57. The van der Waals surface area contributed by atoms with Crippen molar-refractivity contribution in [2.45, 2.75) is 38.5 Å². The van der Waals surface area contributed by atoms with Gasteiger partial charge in [-0.25, -0.2) is 0 Å². The van der Waals surface area contributed by atoms with Gasteiger partial charge < -0.3 is 9.80 Å². The number of rotatable bonds is 2. The summed E-state index contributed by atoms with van der Waals surface area (Å²) in [6.45, 7) is 9.28. The molecule has 48 heavy (non-hydrogen) atoms. The fourth-order valence-electron chi connectivity index (χ4n) is 8.31. The summed E-state index contributed by atoms with van der Waals surface area (Å²) < 4.78 is 4.11. The fraction of sp³-hybridized carbons (Fsp3) is 0.150. The topological polar surface area (TPSA) is 66.9 Å². The van der Waals surface area contributed by atoms with Crippen LogP contribution in [0.4, 0.5) is 34.1 Å². The number of para-hydroxylation sites is 4. The molecule has 0 fully saturated rings. The molecule has 0 N–H and O–H groups in total. The molecule has 0 aliphatic carbocycles. The van der Waals surface area contributed by atoms with Gasteiger partial charge in [-0.15, -0.1) is 20.4 Å². The minimum absolute atomic E-state index is 0.171. The lowest BCUT2D eigenvalue weighted by Gasteiger charge is -2.43. The quantitative estimate of drug-likeness (QED) is 0.191. The number of hydrogen-bond donors (Lipinski definition) is 0. The van der Waals surface area contributed by atoms with Crippen molar-refractivity contribution in [3.8, 4) is 0 Å². The van der Waals surface area contributed by atoms with Gasteiger partial charge >= 0.3 is 0 Å². The summed E-state index contributed by atoms with van der Waals surface area (Å²) in [6, 6.07) is 39.7. The molecule has 8 aromatic rings. The molecule has 8 heteroatoms. The van der Waals surface area contributed by atoms with Gasteiger partial charge in [-0.3, -0.25) is 8.80 Å². The van der Waals surface area contributed by atoms with Crippen LogP contribution >= 0.6 is 0 Å². The Hall–Kier alpha value is -6.02. The van der Waals surface area contributed by atoms with Crippen LogP contribution in [0.25, 0.3) is 22.3 Å². The standard InChI is InChI=1S/C40H32N8/c1-39(2)26-13-5-9-17-30(26)47(31-18-10-6-14-27(31)39)25-21-34-36(46-24-42-44-38(46)37-43-41-23-45(34)37)35(22-25)48-32-19-11-7-15-28(32)40(3,4)29-16-8-12-20-33(29)48/h5-24H,1-4H3. The summed E-state index contributed by atoms with van der Waals surface area (Å²) in [5.74, 6) is 0. The Bertz CT molecular complexity index is 2510. The zero-order chi connectivity index (χ0) is 32.4. The first-order valence-electron chi connectivity index (χ1n) is 16.3. The molecular formula is C40H32N8. The second-order valence-electron chi connectivity index (χ2n) is 13.9. The van der Waals surface area contributed by atoms with E-state index in [0.29, 0.717) is 11.3 Å². The third kappa shape index (κ3) is 3.38. The van der Waals surface area contributed by atoms with Crippen LogP contribution in [0, 0.1) is 0 Å². The first-order chi connectivity index (χ1) is 23.4. The van der Waals surface area contributed by atoms with E-state index < -0.39 is 0 Å². The Morgan fingerprint density at radius 2 is 0.875 bits per heavy atom. The average molecular weight is 625 g/mol. The van der Waals surface area contributed by atoms with Crippen molar-refractivity contribution in [3.63, 3.8) is 0 Å². The maximum atomic E-state index is 4.52. The lowest BCUT2D eigenvalue weighted by atomic mass is 9.73. The molecule has 2 aliphatic heterocycles. The van der Waals surface area contributed by atoms with Gasteiger partial charge in [-0.05, 0) is 58.7 Å². The monoisotopic (exact) mass is 624 g/mol. The normalized spacial score (nSPS) is 15.8. The molecule has 10 rings (SSSR count). The summed E-state index contributed by atoms with van der Waals surface area (Å²) in [5.41, 5.74) is 14.6. The van der Waals surface area contributed by atoms with E-state index in [4.69, 9.17) is 0 Å². The van der Waals surface area contributed by atoms with Gasteiger partial charge in [0.1, 0.15) is 12.7 Å². The molecule has 0 unspecified atom stereocenters. The Balaban J connectivity index is 1.38. The highest BCUT2D eigenvalue weighted by atomic mass is 15.3. The van der Waals surface area contributed by atoms with Gasteiger partial charge in [0, 0.05) is 10.8 Å². The molecule has 0 radical (unpaired) electrons. The molecule has 8 nitrogen and oxygen atoms in total. The molecule has 0 saturated carbocycles. The Kier molecular flexibility index (Phi) is 5.25. The van der Waals surface area contributed by atoms with Crippen LogP contribution < -0.4 is 9.80 Å². The third-order valence-electron chi connectivity index (χ3n) is 10.6. The maximum Gasteiger partial charge on any atom is 0.206 e. The lowest BCUT2D eigenvalue weighted by Crippen LogP contribution is -2.31. The average Bonchev–Trinajstić information content (AvgIpc) is 3.80. The predicted octanol–water partition coefficient (Wildman–Crippen LogP) is 9.14. The van der Waals surface area contributed by atoms with Gasteiger partial charge in [-0.1, -0.05) is 100 Å². The van der Waals surface area contributed by atoms with Crippen molar-refractivity contribution in [2.24, 2.45) is 0 Å². The Labute approximate surface area is 277 Å². The van der Waals surface area contributed by atoms with E-state index >= 15 is 0 Å². The van der Waals surface area contributed by atoms with E-state index in [-0.39, 0.29) is 10.8 Å². The highest BCUT2D eigenvalue weighted by molar-refractivity contribution is 6.04. The van der Waals surface area contributed by atoms with E-state index in [2.05, 4.69) is 171 Å². The molecule has 0 bridgehead atoms. The van der Waals surface area contributed by atoms with E-state index in [0.717, 1.165) is 45.2 Å². The minimum Gasteiger partial charge on any atom is -0.310 e. The number of aromatic nitrogens is 6. The highest BCUT2D eigenvalue weighted by Gasteiger charge is 2.39. The van der Waals surface area contributed by atoms with Crippen molar-refractivity contribution in [3.05, 3.63) is 144 Å². The lowest BCUT2D eigenvalue weighted by molar-refractivity contribution is 0.631. The van der Waals surface area contributed by atoms with Crippen LogP contribution in [-0.2, 0) is 10.8 Å². The van der Waals surface area contributed by atoms with Crippen LogP contribution in [0.3, 0.4) is 0 Å². The molecule has 232 valence electrons. The van der Waals surface area contributed by atoms with Gasteiger partial charge in [0.05, 0.1) is 45.2 Å². The molecular weight excluding hydrogens is 592 g/mol. The van der Waals surface area contributed by atoms with Crippen molar-refractivity contribution in [1.29, 1.82) is 0 Å². The van der Waals surface area contributed by atoms with Gasteiger partial charge in [0.2, 0.25) is 11.3 Å². The zero-order valence-corrected chi connectivity index (χ0v) is 27.1. The first kappa shape index (κ1) is 27.1. The SMILES string of the molecule is CC1(C)c2ccccc2N(c2cc(N3c4ccccc4C(C)(C)c4ccccc43)c3c(c2)n2cnnc2c2nncn23)c2ccccc21. The maximum absolute atomic E-state index is 4.52. The molecule has 0 amide bonds. The van der Waals surface area contributed by atoms with Crippen LogP contribution in [0.15, 0.2) is 122 Å². The smallest absolute Gasteiger partial charge is 0.206 e. The second kappa shape index (κ2) is 9.29. The molecule has 2 aliphatic rings. The van der Waals surface area contributed by atoms with Crippen molar-refractivity contribution >= 4 is 56.5 Å². The van der Waals surface area contributed by atoms with Crippen molar-refractivity contribution in [2.75, 3.05) is 9.80 Å². The number of hydrogen-bond acceptors (Lipinski definition) is 6. The molecule has 0 saturated heterocycles. The summed E-state index contributed by atoms with van der Waals surface area (Å²) in [7, 11) is 0. The largest absolute Gasteiger partial charge is 0.310 e. The summed E-state index contributed by atoms with van der Waals surface area (Å²) in [5, 5.41) is 17.7. The molecule has 0 atom stereocenters. The van der Waals surface area contributed by atoms with Gasteiger partial charge in [-0.2, -0.15) is 0 Å². The van der Waals surface area contributed by atoms with Crippen LogP contribution in [0.1, 0.15) is 49.9 Å². The van der Waals surface area contributed by atoms with Gasteiger partial charge in [0.25, 0.3) is 0 Å². The minimum atomic E-state index is -0.194. The number of benzene rings is 5. The van der Waals surface area contributed by atoms with E-state index in [1.54, 1.807) is 12.7 Å². The summed E-state index contributed by atoms with van der Waals surface area (Å²) in [4.78, 5) is 4.83. The van der Waals surface area contributed by atoms with E-state index in [1.807, 2.05) is 4.40 Å². The third-order valence-corrected chi connectivity index (χ3v) is 10.6. The zero-order valence-electron chi connectivity index (χ0n) is 27.1. The molecule has 0 spiro atoms. The van der Waals surface area contributed by atoms with E-state index in [9.17, 15) is 0 Å². The number of nitrogens with zero attached hydrogens (tertiary/aromatic N) is 8. The number of anilines is 6. The number of fused-ring (bicyclic) bond motifs is 10. The van der Waals surface area contributed by atoms with Crippen molar-refractivity contribution in [1.82, 2.24) is 29.2 Å². The second-order valence-corrected chi connectivity index (χ2v) is 13.9. The van der Waals surface area contributed by atoms with Crippen LogP contribution in [0.5, 0.6) is 0 Å². The molecule has 3 aromatic heterocycles. The first-order valence-corrected chi connectivity index (χ1v) is 16.3. The van der Waals surface area contributed by atoms with Crippen LogP contribution in [0.2, 0.25) is 0 Å². The van der Waals surface area contributed by atoms with E-state index in [1.165, 1.54) is 22.3 Å². The van der Waals surface area contributed by atoms with Gasteiger partial charge in [0.15, 0.2) is 0 Å². The molecule has 5 aromatic carbocycles.